The van der Waals surface area contributed by atoms with Crippen molar-refractivity contribution in [3.05, 3.63) is 60.2 Å². The lowest BCUT2D eigenvalue weighted by Crippen LogP contribution is -2.56. The van der Waals surface area contributed by atoms with Crippen LogP contribution in [0.3, 0.4) is 0 Å². The molecule has 0 saturated carbocycles. The van der Waals surface area contributed by atoms with Crippen LogP contribution in [0, 0.1) is 5.82 Å². The molecule has 0 spiro atoms. The van der Waals surface area contributed by atoms with Crippen LogP contribution in [0.1, 0.15) is 0 Å². The highest BCUT2D eigenvalue weighted by atomic mass is 35.5. The molecule has 1 amide bonds. The first-order valence-corrected chi connectivity index (χ1v) is 9.59. The Kier molecular flexibility index (Phi) is 5.41. The molecule has 4 rings (SSSR count). The lowest BCUT2D eigenvalue weighted by molar-refractivity contribution is -0.129. The monoisotopic (exact) mass is 427 g/mol. The zero-order chi connectivity index (χ0) is 21.3. The van der Waals surface area contributed by atoms with E-state index in [-0.39, 0.29) is 17.0 Å². The summed E-state index contributed by atoms with van der Waals surface area (Å²) < 4.78 is 19.0. The van der Waals surface area contributed by atoms with Gasteiger partial charge < -0.3 is 20.3 Å². The molecule has 0 atom stereocenters. The van der Waals surface area contributed by atoms with E-state index in [4.69, 9.17) is 16.3 Å². The van der Waals surface area contributed by atoms with Crippen LogP contribution in [0.25, 0.3) is 10.9 Å². The van der Waals surface area contributed by atoms with Crippen LogP contribution in [-0.4, -0.2) is 47.0 Å². The zero-order valence-electron chi connectivity index (χ0n) is 16.2. The van der Waals surface area contributed by atoms with Crippen LogP contribution >= 0.6 is 11.6 Å². The van der Waals surface area contributed by atoms with Crippen molar-refractivity contribution in [1.29, 1.82) is 0 Å². The summed E-state index contributed by atoms with van der Waals surface area (Å²) in [6.07, 6.45) is 2.75. The molecule has 1 fully saturated rings. The fourth-order valence-electron chi connectivity index (χ4n) is 3.27. The SMILES string of the molecule is C=CC(=O)N1CC(Nc2cc3c(Nc4ccc(F)c(Cl)c4)ncnc3cc2OC)C1. The number of likely N-dealkylation sites (tertiary alicyclic amines) is 1. The molecule has 30 heavy (non-hydrogen) atoms. The number of fused-ring (bicyclic) bond motifs is 1. The normalized spacial score (nSPS) is 13.6. The quantitative estimate of drug-likeness (QED) is 0.579. The van der Waals surface area contributed by atoms with Gasteiger partial charge in [-0.15, -0.1) is 0 Å². The van der Waals surface area contributed by atoms with Crippen molar-refractivity contribution < 1.29 is 13.9 Å². The number of nitrogens with zero attached hydrogens (tertiary/aromatic N) is 3. The van der Waals surface area contributed by atoms with Gasteiger partial charge in [0.1, 0.15) is 23.7 Å². The van der Waals surface area contributed by atoms with Gasteiger partial charge in [-0.2, -0.15) is 0 Å². The smallest absolute Gasteiger partial charge is 0.246 e. The second kappa shape index (κ2) is 8.16. The summed E-state index contributed by atoms with van der Waals surface area (Å²) in [5.74, 6) is 0.600. The Labute approximate surface area is 177 Å². The van der Waals surface area contributed by atoms with E-state index in [0.29, 0.717) is 35.9 Å². The van der Waals surface area contributed by atoms with Crippen molar-refractivity contribution in [3.63, 3.8) is 0 Å². The van der Waals surface area contributed by atoms with E-state index >= 15 is 0 Å². The maximum Gasteiger partial charge on any atom is 0.246 e. The van der Waals surface area contributed by atoms with Crippen molar-refractivity contribution in [1.82, 2.24) is 14.9 Å². The standard InChI is InChI=1S/C21H19ClFN5O2/c1-3-20(29)28-9-13(10-28)26-18-7-14-17(8-19(18)30-2)24-11-25-21(14)27-12-4-5-16(23)15(22)6-12/h3-8,11,13,26H,1,9-10H2,2H3,(H,24,25,27). The van der Waals surface area contributed by atoms with Gasteiger partial charge in [-0.25, -0.2) is 14.4 Å². The topological polar surface area (TPSA) is 79.4 Å². The van der Waals surface area contributed by atoms with Gasteiger partial charge in [0, 0.05) is 30.2 Å². The molecule has 154 valence electrons. The Morgan fingerprint density at radius 2 is 2.13 bits per heavy atom. The van der Waals surface area contributed by atoms with Crippen molar-refractivity contribution in [3.8, 4) is 5.75 Å². The average Bonchev–Trinajstić information content (AvgIpc) is 2.72. The number of ether oxygens (including phenoxy) is 1. The van der Waals surface area contributed by atoms with Gasteiger partial charge in [0.25, 0.3) is 0 Å². The lowest BCUT2D eigenvalue weighted by atomic mass is 10.1. The summed E-state index contributed by atoms with van der Waals surface area (Å²) in [5.41, 5.74) is 2.04. The molecule has 2 aromatic carbocycles. The number of carbonyl (C=O) groups is 1. The second-order valence-electron chi connectivity index (χ2n) is 6.83. The first-order valence-electron chi connectivity index (χ1n) is 9.21. The number of hydrogen-bond donors (Lipinski definition) is 2. The molecule has 0 unspecified atom stereocenters. The molecule has 1 aliphatic rings. The molecule has 7 nitrogen and oxygen atoms in total. The molecule has 1 saturated heterocycles. The maximum atomic E-state index is 13.5. The largest absolute Gasteiger partial charge is 0.495 e. The molecular weight excluding hydrogens is 409 g/mol. The Bertz CT molecular complexity index is 1130. The first-order chi connectivity index (χ1) is 14.5. The van der Waals surface area contributed by atoms with E-state index in [9.17, 15) is 9.18 Å². The summed E-state index contributed by atoms with van der Waals surface area (Å²) in [7, 11) is 1.58. The Morgan fingerprint density at radius 1 is 1.33 bits per heavy atom. The van der Waals surface area contributed by atoms with Gasteiger partial charge in [-0.3, -0.25) is 4.79 Å². The van der Waals surface area contributed by atoms with Crippen LogP contribution in [0.2, 0.25) is 5.02 Å². The van der Waals surface area contributed by atoms with Crippen molar-refractivity contribution in [2.45, 2.75) is 6.04 Å². The minimum atomic E-state index is -0.490. The predicted octanol–water partition coefficient (Wildman–Crippen LogP) is 3.98. The molecule has 1 aromatic heterocycles. The Hall–Kier alpha value is -3.39. The number of amides is 1. The molecule has 9 heteroatoms. The third-order valence-corrected chi connectivity index (χ3v) is 5.16. The molecule has 0 radical (unpaired) electrons. The zero-order valence-corrected chi connectivity index (χ0v) is 16.9. The van der Waals surface area contributed by atoms with Crippen LogP contribution in [-0.2, 0) is 4.79 Å². The summed E-state index contributed by atoms with van der Waals surface area (Å²) in [6.45, 7) is 4.67. The van der Waals surface area contributed by atoms with E-state index in [0.717, 1.165) is 11.1 Å². The van der Waals surface area contributed by atoms with Crippen LogP contribution < -0.4 is 15.4 Å². The third kappa shape index (κ3) is 3.86. The van der Waals surface area contributed by atoms with Crippen molar-refractivity contribution in [2.24, 2.45) is 0 Å². The van der Waals surface area contributed by atoms with E-state index in [2.05, 4.69) is 27.2 Å². The number of benzene rings is 2. The fourth-order valence-corrected chi connectivity index (χ4v) is 3.46. The summed E-state index contributed by atoms with van der Waals surface area (Å²) in [5, 5.41) is 7.32. The van der Waals surface area contributed by atoms with Crippen molar-refractivity contribution in [2.75, 3.05) is 30.8 Å². The van der Waals surface area contributed by atoms with E-state index in [1.807, 2.05) is 12.1 Å². The maximum absolute atomic E-state index is 13.5. The molecule has 2 N–H and O–H groups in total. The van der Waals surface area contributed by atoms with E-state index in [1.54, 1.807) is 18.1 Å². The first kappa shape index (κ1) is 19.9. The summed E-state index contributed by atoms with van der Waals surface area (Å²) >= 11 is 5.88. The van der Waals surface area contributed by atoms with Gasteiger partial charge in [0.2, 0.25) is 5.91 Å². The van der Waals surface area contributed by atoms with Gasteiger partial charge >= 0.3 is 0 Å². The Morgan fingerprint density at radius 3 is 2.83 bits per heavy atom. The molecule has 1 aliphatic heterocycles. The lowest BCUT2D eigenvalue weighted by Gasteiger charge is -2.39. The third-order valence-electron chi connectivity index (χ3n) is 4.87. The van der Waals surface area contributed by atoms with Crippen LogP contribution in [0.5, 0.6) is 5.75 Å². The van der Waals surface area contributed by atoms with Crippen LogP contribution in [0.15, 0.2) is 49.3 Å². The highest BCUT2D eigenvalue weighted by Gasteiger charge is 2.29. The number of rotatable bonds is 6. The van der Waals surface area contributed by atoms with Crippen molar-refractivity contribution >= 4 is 45.6 Å². The molecule has 3 aromatic rings. The number of halogens is 2. The van der Waals surface area contributed by atoms with E-state index < -0.39 is 5.82 Å². The summed E-state index contributed by atoms with van der Waals surface area (Å²) in [4.78, 5) is 22.0. The number of hydrogen-bond acceptors (Lipinski definition) is 6. The molecule has 0 aliphatic carbocycles. The van der Waals surface area contributed by atoms with Gasteiger partial charge in [-0.05, 0) is 30.3 Å². The Balaban J connectivity index is 1.63. The summed E-state index contributed by atoms with van der Waals surface area (Å²) in [6, 6.07) is 8.16. The van der Waals surface area contributed by atoms with Crippen LogP contribution in [0.4, 0.5) is 21.6 Å². The van der Waals surface area contributed by atoms with Gasteiger partial charge in [0.15, 0.2) is 0 Å². The number of anilines is 3. The molecule has 2 heterocycles. The highest BCUT2D eigenvalue weighted by molar-refractivity contribution is 6.31. The molecular formula is C21H19ClFN5O2. The highest BCUT2D eigenvalue weighted by Crippen LogP contribution is 2.34. The minimum Gasteiger partial charge on any atom is -0.495 e. The van der Waals surface area contributed by atoms with Gasteiger partial charge in [-0.1, -0.05) is 18.2 Å². The number of aromatic nitrogens is 2. The van der Waals surface area contributed by atoms with Gasteiger partial charge in [0.05, 0.1) is 29.4 Å². The molecule has 0 bridgehead atoms. The number of nitrogens with one attached hydrogen (secondary N) is 2. The van der Waals surface area contributed by atoms with E-state index in [1.165, 1.54) is 24.5 Å². The second-order valence-corrected chi connectivity index (χ2v) is 7.24. The predicted molar refractivity (Wildman–Crippen MR) is 115 cm³/mol. The number of methoxy groups -OCH3 is 1. The fraction of sp³-hybridized carbons (Fsp3) is 0.190. The average molecular weight is 428 g/mol. The number of carbonyl (C=O) groups excluding carboxylic acids is 1. The minimum absolute atomic E-state index is 0.0194.